The van der Waals surface area contributed by atoms with Crippen LogP contribution in [0.1, 0.15) is 32.6 Å². The summed E-state index contributed by atoms with van der Waals surface area (Å²) in [4.78, 5) is 0. The van der Waals surface area contributed by atoms with Crippen molar-refractivity contribution >= 4 is 0 Å². The molecule has 1 N–H and O–H groups in total. The van der Waals surface area contributed by atoms with Crippen LogP contribution in [0.3, 0.4) is 0 Å². The molecule has 0 aromatic carbocycles. The highest BCUT2D eigenvalue weighted by atomic mass is 16.5. The molecule has 1 aliphatic carbocycles. The van der Waals surface area contributed by atoms with Crippen molar-refractivity contribution in [3.05, 3.63) is 0 Å². The largest absolute Gasteiger partial charge is 0.393 e. The van der Waals surface area contributed by atoms with Crippen molar-refractivity contribution in [1.82, 2.24) is 0 Å². The zero-order valence-electron chi connectivity index (χ0n) is 6.99. The Morgan fingerprint density at radius 1 is 1.36 bits per heavy atom. The summed E-state index contributed by atoms with van der Waals surface area (Å²) >= 11 is 0. The predicted octanol–water partition coefficient (Wildman–Crippen LogP) is 1.32. The van der Waals surface area contributed by atoms with Crippen molar-refractivity contribution in [1.29, 1.82) is 0 Å². The SMILES string of the molecule is C[C@H]1C[C@H](O)[C@@H]2CCC[C@@H]2O1. The van der Waals surface area contributed by atoms with E-state index in [0.717, 1.165) is 12.8 Å². The second kappa shape index (κ2) is 2.76. The highest BCUT2D eigenvalue weighted by Crippen LogP contribution is 2.37. The fourth-order valence-electron chi connectivity index (χ4n) is 2.43. The van der Waals surface area contributed by atoms with Crippen LogP contribution in [0.5, 0.6) is 0 Å². The summed E-state index contributed by atoms with van der Waals surface area (Å²) in [5, 5.41) is 9.67. The number of rotatable bonds is 0. The van der Waals surface area contributed by atoms with Crippen molar-refractivity contribution in [3.63, 3.8) is 0 Å². The lowest BCUT2D eigenvalue weighted by Crippen LogP contribution is -2.40. The molecule has 0 unspecified atom stereocenters. The summed E-state index contributed by atoms with van der Waals surface area (Å²) in [6, 6.07) is 0. The number of ether oxygens (including phenoxy) is 1. The zero-order chi connectivity index (χ0) is 7.84. The topological polar surface area (TPSA) is 29.5 Å². The Bertz CT molecular complexity index is 146. The molecule has 0 radical (unpaired) electrons. The van der Waals surface area contributed by atoms with Crippen LogP contribution in [0.25, 0.3) is 0 Å². The molecule has 1 aliphatic heterocycles. The minimum absolute atomic E-state index is 0.0914. The number of hydrogen-bond donors (Lipinski definition) is 1. The van der Waals surface area contributed by atoms with E-state index in [2.05, 4.69) is 6.92 Å². The van der Waals surface area contributed by atoms with E-state index in [1.807, 2.05) is 0 Å². The van der Waals surface area contributed by atoms with Crippen LogP contribution < -0.4 is 0 Å². The molecule has 64 valence electrons. The lowest BCUT2D eigenvalue weighted by molar-refractivity contribution is -0.116. The average Bonchev–Trinajstić information content (AvgIpc) is 2.34. The molecule has 0 bridgehead atoms. The van der Waals surface area contributed by atoms with Gasteiger partial charge < -0.3 is 9.84 Å². The van der Waals surface area contributed by atoms with E-state index < -0.39 is 0 Å². The van der Waals surface area contributed by atoms with Crippen LogP contribution >= 0.6 is 0 Å². The number of aliphatic hydroxyl groups is 1. The first-order chi connectivity index (χ1) is 5.27. The molecule has 0 aromatic heterocycles. The van der Waals surface area contributed by atoms with Gasteiger partial charge in [-0.15, -0.1) is 0 Å². The summed E-state index contributed by atoms with van der Waals surface area (Å²) in [6.45, 7) is 2.05. The molecule has 2 heteroatoms. The monoisotopic (exact) mass is 156 g/mol. The van der Waals surface area contributed by atoms with Crippen LogP contribution in [0, 0.1) is 5.92 Å². The Labute approximate surface area is 67.6 Å². The summed E-state index contributed by atoms with van der Waals surface area (Å²) in [6.07, 6.45) is 4.94. The van der Waals surface area contributed by atoms with Crippen LogP contribution in [0.15, 0.2) is 0 Å². The maximum atomic E-state index is 9.67. The van der Waals surface area contributed by atoms with Gasteiger partial charge in [0.15, 0.2) is 0 Å². The van der Waals surface area contributed by atoms with Crippen LogP contribution in [-0.4, -0.2) is 23.4 Å². The molecule has 2 rings (SSSR count). The Hall–Kier alpha value is -0.0800. The smallest absolute Gasteiger partial charge is 0.0631 e. The van der Waals surface area contributed by atoms with Gasteiger partial charge >= 0.3 is 0 Å². The summed E-state index contributed by atoms with van der Waals surface area (Å²) in [7, 11) is 0. The van der Waals surface area contributed by atoms with Gasteiger partial charge in [-0.1, -0.05) is 6.42 Å². The molecule has 0 aromatic rings. The van der Waals surface area contributed by atoms with Gasteiger partial charge in [0.2, 0.25) is 0 Å². The first-order valence-electron chi connectivity index (χ1n) is 4.61. The van der Waals surface area contributed by atoms with Gasteiger partial charge in [0, 0.05) is 5.92 Å². The van der Waals surface area contributed by atoms with Crippen LogP contribution in [0.4, 0.5) is 0 Å². The molecule has 2 nitrogen and oxygen atoms in total. The lowest BCUT2D eigenvalue weighted by atomic mass is 9.91. The van der Waals surface area contributed by atoms with Crippen molar-refractivity contribution in [2.45, 2.75) is 50.9 Å². The van der Waals surface area contributed by atoms with E-state index in [9.17, 15) is 5.11 Å². The minimum Gasteiger partial charge on any atom is -0.393 e. The molecule has 1 saturated heterocycles. The van der Waals surface area contributed by atoms with Gasteiger partial charge in [-0.25, -0.2) is 0 Å². The van der Waals surface area contributed by atoms with Crippen molar-refractivity contribution < 1.29 is 9.84 Å². The van der Waals surface area contributed by atoms with Crippen molar-refractivity contribution in [3.8, 4) is 0 Å². The normalized spacial score (nSPS) is 50.7. The van der Waals surface area contributed by atoms with Gasteiger partial charge in [-0.2, -0.15) is 0 Å². The quantitative estimate of drug-likeness (QED) is 0.573. The maximum Gasteiger partial charge on any atom is 0.0631 e. The Kier molecular flexibility index (Phi) is 1.90. The highest BCUT2D eigenvalue weighted by Gasteiger charge is 2.38. The van der Waals surface area contributed by atoms with E-state index in [-0.39, 0.29) is 12.2 Å². The van der Waals surface area contributed by atoms with Gasteiger partial charge in [0.25, 0.3) is 0 Å². The third kappa shape index (κ3) is 1.30. The number of aliphatic hydroxyl groups excluding tert-OH is 1. The molecule has 11 heavy (non-hydrogen) atoms. The molecule has 1 saturated carbocycles. The van der Waals surface area contributed by atoms with Gasteiger partial charge in [-0.3, -0.25) is 0 Å². The maximum absolute atomic E-state index is 9.67. The Morgan fingerprint density at radius 2 is 2.18 bits per heavy atom. The molecule has 0 amide bonds. The minimum atomic E-state index is -0.0914. The first-order valence-corrected chi connectivity index (χ1v) is 4.61. The lowest BCUT2D eigenvalue weighted by Gasteiger charge is -2.34. The molecule has 1 heterocycles. The Morgan fingerprint density at radius 3 is 3.00 bits per heavy atom. The molecular weight excluding hydrogens is 140 g/mol. The zero-order valence-corrected chi connectivity index (χ0v) is 6.99. The van der Waals surface area contributed by atoms with Crippen molar-refractivity contribution in [2.75, 3.05) is 0 Å². The van der Waals surface area contributed by atoms with E-state index in [0.29, 0.717) is 12.0 Å². The highest BCUT2D eigenvalue weighted by molar-refractivity contribution is 4.88. The summed E-state index contributed by atoms with van der Waals surface area (Å²) < 4.78 is 5.72. The molecule has 2 fully saturated rings. The van der Waals surface area contributed by atoms with Gasteiger partial charge in [-0.05, 0) is 26.2 Å². The summed E-state index contributed by atoms with van der Waals surface area (Å²) in [5.74, 6) is 0.450. The third-order valence-corrected chi connectivity index (χ3v) is 2.98. The second-order valence-electron chi connectivity index (χ2n) is 3.88. The fraction of sp³-hybridized carbons (Fsp3) is 1.00. The molecule has 0 spiro atoms. The second-order valence-corrected chi connectivity index (χ2v) is 3.88. The average molecular weight is 156 g/mol. The number of hydrogen-bond acceptors (Lipinski definition) is 2. The standard InChI is InChI=1S/C9H16O2/c1-6-5-8(10)7-3-2-4-9(7)11-6/h6-10H,2-5H2,1H3/t6-,7-,8-,9-/m0/s1. The summed E-state index contributed by atoms with van der Waals surface area (Å²) in [5.41, 5.74) is 0. The number of fused-ring (bicyclic) bond motifs is 1. The molecular formula is C9H16O2. The van der Waals surface area contributed by atoms with Crippen molar-refractivity contribution in [2.24, 2.45) is 5.92 Å². The first kappa shape index (κ1) is 7.56. The molecule has 2 aliphatic rings. The predicted molar refractivity (Wildman–Crippen MR) is 42.3 cm³/mol. The van der Waals surface area contributed by atoms with Crippen LogP contribution in [0.2, 0.25) is 0 Å². The van der Waals surface area contributed by atoms with E-state index in [1.165, 1.54) is 12.8 Å². The Balaban J connectivity index is 2.04. The fourth-order valence-corrected chi connectivity index (χ4v) is 2.43. The van der Waals surface area contributed by atoms with Gasteiger partial charge in [0.05, 0.1) is 18.3 Å². The van der Waals surface area contributed by atoms with E-state index >= 15 is 0 Å². The van der Waals surface area contributed by atoms with Crippen LogP contribution in [-0.2, 0) is 4.74 Å². The van der Waals surface area contributed by atoms with E-state index in [4.69, 9.17) is 4.74 Å². The van der Waals surface area contributed by atoms with Gasteiger partial charge in [0.1, 0.15) is 0 Å². The third-order valence-electron chi connectivity index (χ3n) is 2.98. The van der Waals surface area contributed by atoms with E-state index in [1.54, 1.807) is 0 Å². The molecule has 4 atom stereocenters.